The first-order chi connectivity index (χ1) is 12.0. The molecule has 3 heterocycles. The van der Waals surface area contributed by atoms with E-state index in [1.165, 1.54) is 17.4 Å². The second-order valence-corrected chi connectivity index (χ2v) is 9.67. The van der Waals surface area contributed by atoms with E-state index in [1.807, 2.05) is 24.4 Å². The number of sulfonamides is 1. The molecule has 2 atom stereocenters. The van der Waals surface area contributed by atoms with Crippen LogP contribution < -0.4 is 15.4 Å². The Morgan fingerprint density at radius 2 is 2.16 bits per heavy atom. The summed E-state index contributed by atoms with van der Waals surface area (Å²) in [5, 5.41) is 9.83. The Morgan fingerprint density at radius 1 is 1.32 bits per heavy atom. The molecule has 1 fully saturated rings. The zero-order chi connectivity index (χ0) is 17.9. The SMILES string of the molecule is CC1NCCCC1NC(=O)c1sccc1S(=O)(=O)NCc1cccs1. The van der Waals surface area contributed by atoms with Gasteiger partial charge < -0.3 is 10.6 Å². The lowest BCUT2D eigenvalue weighted by Crippen LogP contribution is -2.51. The van der Waals surface area contributed by atoms with Gasteiger partial charge in [0.15, 0.2) is 0 Å². The molecule has 3 rings (SSSR count). The van der Waals surface area contributed by atoms with Crippen molar-refractivity contribution in [3.8, 4) is 0 Å². The summed E-state index contributed by atoms with van der Waals surface area (Å²) in [5.74, 6) is -0.327. The number of piperidine rings is 1. The van der Waals surface area contributed by atoms with Crippen LogP contribution in [0.4, 0.5) is 0 Å². The monoisotopic (exact) mass is 399 g/mol. The molecule has 1 saturated heterocycles. The molecule has 3 N–H and O–H groups in total. The van der Waals surface area contributed by atoms with Crippen LogP contribution in [-0.2, 0) is 16.6 Å². The Labute approximate surface area is 155 Å². The summed E-state index contributed by atoms with van der Waals surface area (Å²) in [6.45, 7) is 3.19. The second kappa shape index (κ2) is 7.96. The number of amides is 1. The molecule has 1 aliphatic heterocycles. The molecule has 0 aromatic carbocycles. The molecule has 6 nitrogen and oxygen atoms in total. The van der Waals surface area contributed by atoms with Crippen molar-refractivity contribution in [2.24, 2.45) is 0 Å². The van der Waals surface area contributed by atoms with Crippen LogP contribution in [0.2, 0.25) is 0 Å². The molecule has 2 aromatic heterocycles. The summed E-state index contributed by atoms with van der Waals surface area (Å²) in [6.07, 6.45) is 1.89. The van der Waals surface area contributed by atoms with E-state index in [0.717, 1.165) is 35.6 Å². The number of rotatable bonds is 6. The van der Waals surface area contributed by atoms with E-state index in [-0.39, 0.29) is 34.3 Å². The van der Waals surface area contributed by atoms with Gasteiger partial charge in [0, 0.05) is 23.5 Å². The molecule has 1 aliphatic rings. The fourth-order valence-corrected chi connectivity index (χ4v) is 5.88. The molecular weight excluding hydrogens is 378 g/mol. The summed E-state index contributed by atoms with van der Waals surface area (Å²) in [6, 6.07) is 5.41. The molecule has 0 spiro atoms. The predicted molar refractivity (Wildman–Crippen MR) is 101 cm³/mol. The lowest BCUT2D eigenvalue weighted by molar-refractivity contribution is 0.0921. The molecule has 0 aliphatic carbocycles. The Balaban J connectivity index is 1.71. The van der Waals surface area contributed by atoms with Crippen molar-refractivity contribution in [2.45, 2.75) is 43.3 Å². The summed E-state index contributed by atoms with van der Waals surface area (Å²) < 4.78 is 27.7. The van der Waals surface area contributed by atoms with Crippen LogP contribution in [0.3, 0.4) is 0 Å². The first-order valence-corrected chi connectivity index (χ1v) is 11.4. The Kier molecular flexibility index (Phi) is 5.90. The summed E-state index contributed by atoms with van der Waals surface area (Å²) in [4.78, 5) is 13.8. The maximum Gasteiger partial charge on any atom is 0.263 e. The molecule has 25 heavy (non-hydrogen) atoms. The third-order valence-corrected chi connectivity index (χ3v) is 7.58. The van der Waals surface area contributed by atoms with Gasteiger partial charge in [-0.15, -0.1) is 22.7 Å². The highest BCUT2D eigenvalue weighted by Gasteiger charge is 2.28. The summed E-state index contributed by atoms with van der Waals surface area (Å²) in [5.41, 5.74) is 0. The van der Waals surface area contributed by atoms with E-state index in [0.29, 0.717) is 0 Å². The van der Waals surface area contributed by atoms with Crippen molar-refractivity contribution in [1.29, 1.82) is 0 Å². The van der Waals surface area contributed by atoms with Crippen molar-refractivity contribution >= 4 is 38.6 Å². The molecule has 9 heteroatoms. The van der Waals surface area contributed by atoms with Crippen molar-refractivity contribution in [3.05, 3.63) is 38.7 Å². The lowest BCUT2D eigenvalue weighted by atomic mass is 10.00. The molecule has 0 bridgehead atoms. The summed E-state index contributed by atoms with van der Waals surface area (Å²) >= 11 is 2.63. The van der Waals surface area contributed by atoms with Crippen molar-refractivity contribution in [1.82, 2.24) is 15.4 Å². The average molecular weight is 400 g/mol. The molecule has 1 amide bonds. The fourth-order valence-electron chi connectivity index (χ4n) is 2.81. The van der Waals surface area contributed by atoms with E-state index in [4.69, 9.17) is 0 Å². The van der Waals surface area contributed by atoms with E-state index >= 15 is 0 Å². The van der Waals surface area contributed by atoms with Gasteiger partial charge in [-0.25, -0.2) is 13.1 Å². The Morgan fingerprint density at radius 3 is 2.88 bits per heavy atom. The van der Waals surface area contributed by atoms with Gasteiger partial charge >= 0.3 is 0 Å². The van der Waals surface area contributed by atoms with Gasteiger partial charge in [0.25, 0.3) is 5.91 Å². The first kappa shape index (κ1) is 18.5. The average Bonchev–Trinajstić information content (AvgIpc) is 3.27. The summed E-state index contributed by atoms with van der Waals surface area (Å²) in [7, 11) is -3.73. The van der Waals surface area contributed by atoms with Crippen molar-refractivity contribution in [3.63, 3.8) is 0 Å². The molecule has 136 valence electrons. The zero-order valence-corrected chi connectivity index (χ0v) is 16.3. The van der Waals surface area contributed by atoms with Crippen LogP contribution in [0.25, 0.3) is 0 Å². The largest absolute Gasteiger partial charge is 0.347 e. The standard InChI is InChI=1S/C16H21N3O3S3/c1-11-13(5-2-7-17-11)19-16(20)15-14(6-9-24-15)25(21,22)18-10-12-4-3-8-23-12/h3-4,6,8-9,11,13,17-18H,2,5,7,10H2,1H3,(H,19,20). The van der Waals surface area contributed by atoms with E-state index in [2.05, 4.69) is 15.4 Å². The molecule has 0 saturated carbocycles. The maximum atomic E-state index is 12.6. The minimum absolute atomic E-state index is 0.0120. The van der Waals surface area contributed by atoms with Crippen LogP contribution >= 0.6 is 22.7 Å². The number of hydrogen-bond donors (Lipinski definition) is 3. The van der Waals surface area contributed by atoms with Crippen molar-refractivity contribution in [2.75, 3.05) is 6.54 Å². The third-order valence-electron chi connectivity index (χ3n) is 4.22. The normalized spacial score (nSPS) is 21.2. The van der Waals surface area contributed by atoms with E-state index < -0.39 is 10.0 Å². The number of hydrogen-bond acceptors (Lipinski definition) is 6. The highest BCUT2D eigenvalue weighted by Crippen LogP contribution is 2.23. The smallest absolute Gasteiger partial charge is 0.263 e. The van der Waals surface area contributed by atoms with Gasteiger partial charge in [0.1, 0.15) is 9.77 Å². The number of nitrogens with one attached hydrogen (secondary N) is 3. The quantitative estimate of drug-likeness (QED) is 0.695. The minimum atomic E-state index is -3.73. The molecular formula is C16H21N3O3S3. The third kappa shape index (κ3) is 4.48. The molecule has 2 aromatic rings. The van der Waals surface area contributed by atoms with Crippen LogP contribution in [0.1, 0.15) is 34.3 Å². The minimum Gasteiger partial charge on any atom is -0.347 e. The van der Waals surface area contributed by atoms with Gasteiger partial charge in [-0.05, 0) is 49.2 Å². The number of thiophene rings is 2. The lowest BCUT2D eigenvalue weighted by Gasteiger charge is -2.30. The van der Waals surface area contributed by atoms with Crippen LogP contribution in [0, 0.1) is 0 Å². The maximum absolute atomic E-state index is 12.6. The van der Waals surface area contributed by atoms with Gasteiger partial charge in [0.2, 0.25) is 10.0 Å². The van der Waals surface area contributed by atoms with Crippen LogP contribution in [0.15, 0.2) is 33.9 Å². The van der Waals surface area contributed by atoms with E-state index in [9.17, 15) is 13.2 Å². The topological polar surface area (TPSA) is 87.3 Å². The predicted octanol–water partition coefficient (Wildman–Crippen LogP) is 2.16. The van der Waals surface area contributed by atoms with Gasteiger partial charge in [0.05, 0.1) is 0 Å². The first-order valence-electron chi connectivity index (χ1n) is 8.11. The van der Waals surface area contributed by atoms with Gasteiger partial charge in [-0.1, -0.05) is 6.07 Å². The van der Waals surface area contributed by atoms with Crippen LogP contribution in [-0.4, -0.2) is 33.0 Å². The highest BCUT2D eigenvalue weighted by atomic mass is 32.2. The molecule has 2 unspecified atom stereocenters. The zero-order valence-electron chi connectivity index (χ0n) is 13.8. The Bertz CT molecular complexity index is 815. The number of carbonyl (C=O) groups excluding carboxylic acids is 1. The second-order valence-electron chi connectivity index (χ2n) is 5.98. The number of carbonyl (C=O) groups is 1. The highest BCUT2D eigenvalue weighted by molar-refractivity contribution is 7.89. The fraction of sp³-hybridized carbons (Fsp3) is 0.438. The van der Waals surface area contributed by atoms with Gasteiger partial charge in [-0.2, -0.15) is 0 Å². The van der Waals surface area contributed by atoms with Gasteiger partial charge in [-0.3, -0.25) is 4.79 Å². The van der Waals surface area contributed by atoms with Crippen LogP contribution in [0.5, 0.6) is 0 Å². The molecule has 0 radical (unpaired) electrons. The van der Waals surface area contributed by atoms with E-state index in [1.54, 1.807) is 5.38 Å². The Hall–Kier alpha value is -1.26. The van der Waals surface area contributed by atoms with Crippen molar-refractivity contribution < 1.29 is 13.2 Å².